The minimum Gasteiger partial charge on any atom is -0.476 e. The van der Waals surface area contributed by atoms with Gasteiger partial charge in [-0.3, -0.25) is 4.98 Å². The van der Waals surface area contributed by atoms with Gasteiger partial charge in [-0.15, -0.1) is 0 Å². The number of rotatable bonds is 3. The van der Waals surface area contributed by atoms with Gasteiger partial charge in [-0.1, -0.05) is 12.5 Å². The highest BCUT2D eigenvalue weighted by molar-refractivity contribution is 7.89. The van der Waals surface area contributed by atoms with Gasteiger partial charge in [0.25, 0.3) is 0 Å². The van der Waals surface area contributed by atoms with Gasteiger partial charge < -0.3 is 9.64 Å². The Kier molecular flexibility index (Phi) is 5.24. The number of hydrogen-bond donors (Lipinski definition) is 0. The average molecular weight is 429 g/mol. The molecule has 2 fully saturated rings. The van der Waals surface area contributed by atoms with Crippen molar-refractivity contribution in [1.29, 1.82) is 0 Å². The summed E-state index contributed by atoms with van der Waals surface area (Å²) in [6.07, 6.45) is 10.8. The molecule has 4 heterocycles. The minimum absolute atomic E-state index is 0.149. The van der Waals surface area contributed by atoms with Gasteiger partial charge in [-0.05, 0) is 62.5 Å². The van der Waals surface area contributed by atoms with Crippen LogP contribution >= 0.6 is 0 Å². The Hall–Kier alpha value is -2.03. The number of ether oxygens (including phenoxy) is 1. The number of pyridine rings is 2. The molecule has 0 N–H and O–H groups in total. The largest absolute Gasteiger partial charge is 0.476 e. The highest BCUT2D eigenvalue weighted by atomic mass is 32.2. The van der Waals surface area contributed by atoms with Crippen molar-refractivity contribution in [3.63, 3.8) is 0 Å². The zero-order valence-corrected chi connectivity index (χ0v) is 17.9. The SMILES string of the molecule is O=S1(=O)c2cccnc2OCC2(CCN(C3CCC3)CC2)CN1Cc1cccnc1. The first kappa shape index (κ1) is 19.9. The van der Waals surface area contributed by atoms with Gasteiger partial charge in [0.1, 0.15) is 4.90 Å². The first-order valence-corrected chi connectivity index (χ1v) is 12.2. The normalized spacial score (nSPS) is 24.3. The van der Waals surface area contributed by atoms with E-state index in [0.29, 0.717) is 19.7 Å². The molecule has 30 heavy (non-hydrogen) atoms. The van der Waals surface area contributed by atoms with E-state index in [-0.39, 0.29) is 16.2 Å². The second kappa shape index (κ2) is 7.90. The molecule has 0 unspecified atom stereocenters. The van der Waals surface area contributed by atoms with Crippen molar-refractivity contribution in [1.82, 2.24) is 19.2 Å². The highest BCUT2D eigenvalue weighted by Crippen LogP contribution is 2.40. The lowest BCUT2D eigenvalue weighted by Crippen LogP contribution is -2.54. The second-order valence-electron chi connectivity index (χ2n) is 8.85. The van der Waals surface area contributed by atoms with Gasteiger partial charge in [-0.25, -0.2) is 13.4 Å². The van der Waals surface area contributed by atoms with Crippen LogP contribution in [0.4, 0.5) is 0 Å². The van der Waals surface area contributed by atoms with Crippen molar-refractivity contribution in [3.05, 3.63) is 48.4 Å². The molecule has 2 aromatic heterocycles. The zero-order valence-electron chi connectivity index (χ0n) is 17.1. The zero-order chi connectivity index (χ0) is 20.6. The lowest BCUT2D eigenvalue weighted by Gasteiger charge is -2.48. The lowest BCUT2D eigenvalue weighted by molar-refractivity contribution is 0.00318. The Morgan fingerprint density at radius 2 is 1.93 bits per heavy atom. The van der Waals surface area contributed by atoms with E-state index in [9.17, 15) is 8.42 Å². The highest BCUT2D eigenvalue weighted by Gasteiger charge is 2.44. The molecule has 2 aromatic rings. The molecule has 0 amide bonds. The van der Waals surface area contributed by atoms with Gasteiger partial charge in [0, 0.05) is 43.1 Å². The first-order valence-electron chi connectivity index (χ1n) is 10.8. The molecule has 1 spiro atoms. The molecule has 3 aliphatic rings. The third-order valence-electron chi connectivity index (χ3n) is 6.91. The van der Waals surface area contributed by atoms with E-state index in [0.717, 1.165) is 37.5 Å². The number of nitrogens with zero attached hydrogens (tertiary/aromatic N) is 4. The number of hydrogen-bond acceptors (Lipinski definition) is 6. The molecule has 0 radical (unpaired) electrons. The number of aromatic nitrogens is 2. The fourth-order valence-corrected chi connectivity index (χ4v) is 6.42. The third-order valence-corrected chi connectivity index (χ3v) is 8.72. The Balaban J connectivity index is 1.46. The molecule has 1 saturated heterocycles. The molecule has 0 bridgehead atoms. The van der Waals surface area contributed by atoms with Crippen molar-refractivity contribution in [3.8, 4) is 5.88 Å². The van der Waals surface area contributed by atoms with Gasteiger partial charge in [0.2, 0.25) is 15.9 Å². The molecule has 5 rings (SSSR count). The predicted molar refractivity (Wildman–Crippen MR) is 112 cm³/mol. The van der Waals surface area contributed by atoms with E-state index in [1.807, 2.05) is 12.1 Å². The lowest BCUT2D eigenvalue weighted by atomic mass is 9.77. The van der Waals surface area contributed by atoms with E-state index in [1.54, 1.807) is 35.0 Å². The smallest absolute Gasteiger partial charge is 0.248 e. The van der Waals surface area contributed by atoms with Crippen LogP contribution in [-0.2, 0) is 16.6 Å². The fourth-order valence-electron chi connectivity index (χ4n) is 4.80. The molecule has 7 nitrogen and oxygen atoms in total. The molecular weight excluding hydrogens is 400 g/mol. The Labute approximate surface area is 178 Å². The first-order chi connectivity index (χ1) is 14.6. The number of sulfonamides is 1. The summed E-state index contributed by atoms with van der Waals surface area (Å²) in [5.74, 6) is 0.217. The summed E-state index contributed by atoms with van der Waals surface area (Å²) in [5.41, 5.74) is 0.681. The molecule has 0 aromatic carbocycles. The number of fused-ring (bicyclic) bond motifs is 1. The van der Waals surface area contributed by atoms with Gasteiger partial charge >= 0.3 is 0 Å². The van der Waals surface area contributed by atoms with Gasteiger partial charge in [0.05, 0.1) is 6.61 Å². The van der Waals surface area contributed by atoms with Crippen molar-refractivity contribution in [2.24, 2.45) is 5.41 Å². The molecule has 1 aliphatic carbocycles. The van der Waals surface area contributed by atoms with Crippen LogP contribution in [-0.4, -0.2) is 59.9 Å². The van der Waals surface area contributed by atoms with E-state index >= 15 is 0 Å². The standard InChI is InChI=1S/C22H28N4O3S/c27-30(28)20-7-3-11-24-21(20)29-17-22(8-12-25(13-9-22)19-5-1-6-19)16-26(30)15-18-4-2-10-23-14-18/h2-4,7,10-11,14,19H,1,5-6,8-9,12-13,15-17H2. The quantitative estimate of drug-likeness (QED) is 0.748. The van der Waals surface area contributed by atoms with Crippen LogP contribution in [0.15, 0.2) is 47.8 Å². The third kappa shape index (κ3) is 3.72. The van der Waals surface area contributed by atoms with Crippen molar-refractivity contribution >= 4 is 10.0 Å². The summed E-state index contributed by atoms with van der Waals surface area (Å²) in [6, 6.07) is 7.72. The molecule has 160 valence electrons. The molecule has 2 aliphatic heterocycles. The summed E-state index contributed by atoms with van der Waals surface area (Å²) in [5, 5.41) is 0. The van der Waals surface area contributed by atoms with E-state index in [4.69, 9.17) is 4.74 Å². The monoisotopic (exact) mass is 428 g/mol. The molecular formula is C22H28N4O3S. The van der Waals surface area contributed by atoms with Crippen molar-refractivity contribution < 1.29 is 13.2 Å². The van der Waals surface area contributed by atoms with E-state index in [2.05, 4.69) is 14.9 Å². The fraction of sp³-hybridized carbons (Fsp3) is 0.545. The topological polar surface area (TPSA) is 75.6 Å². The minimum atomic E-state index is -3.74. The maximum absolute atomic E-state index is 13.6. The summed E-state index contributed by atoms with van der Waals surface area (Å²) < 4.78 is 34.9. The van der Waals surface area contributed by atoms with Crippen LogP contribution in [0.5, 0.6) is 5.88 Å². The molecule has 1 saturated carbocycles. The van der Waals surface area contributed by atoms with Crippen LogP contribution in [0, 0.1) is 5.41 Å². The Morgan fingerprint density at radius 3 is 2.63 bits per heavy atom. The Morgan fingerprint density at radius 1 is 1.13 bits per heavy atom. The van der Waals surface area contributed by atoms with Gasteiger partial charge in [0.15, 0.2) is 0 Å². The van der Waals surface area contributed by atoms with Crippen LogP contribution < -0.4 is 4.74 Å². The predicted octanol–water partition coefficient (Wildman–Crippen LogP) is 2.69. The van der Waals surface area contributed by atoms with E-state index < -0.39 is 10.0 Å². The summed E-state index contributed by atoms with van der Waals surface area (Å²) >= 11 is 0. The number of piperidine rings is 1. The number of likely N-dealkylation sites (tertiary alicyclic amines) is 1. The van der Waals surface area contributed by atoms with Crippen LogP contribution in [0.25, 0.3) is 0 Å². The second-order valence-corrected chi connectivity index (χ2v) is 10.8. The van der Waals surface area contributed by atoms with Crippen LogP contribution in [0.1, 0.15) is 37.7 Å². The summed E-state index contributed by atoms with van der Waals surface area (Å²) in [6.45, 7) is 3.26. The van der Waals surface area contributed by atoms with Gasteiger partial charge in [-0.2, -0.15) is 4.31 Å². The van der Waals surface area contributed by atoms with Crippen LogP contribution in [0.2, 0.25) is 0 Å². The van der Waals surface area contributed by atoms with E-state index in [1.165, 1.54) is 19.3 Å². The maximum atomic E-state index is 13.6. The van der Waals surface area contributed by atoms with Crippen molar-refractivity contribution in [2.75, 3.05) is 26.2 Å². The average Bonchev–Trinajstić information content (AvgIpc) is 2.72. The maximum Gasteiger partial charge on any atom is 0.248 e. The van der Waals surface area contributed by atoms with Crippen molar-refractivity contribution in [2.45, 2.75) is 49.6 Å². The summed E-state index contributed by atoms with van der Waals surface area (Å²) in [7, 11) is -3.74. The summed E-state index contributed by atoms with van der Waals surface area (Å²) in [4.78, 5) is 11.2. The van der Waals surface area contributed by atoms with Crippen LogP contribution in [0.3, 0.4) is 0 Å². The Bertz CT molecular complexity index is 986. The molecule has 8 heteroatoms. The molecule has 0 atom stereocenters.